The van der Waals surface area contributed by atoms with Crippen molar-refractivity contribution in [2.75, 3.05) is 33.4 Å². The molecule has 0 aromatic heterocycles. The van der Waals surface area contributed by atoms with E-state index in [0.29, 0.717) is 32.7 Å². The van der Waals surface area contributed by atoms with E-state index in [1.54, 1.807) is 6.07 Å². The predicted molar refractivity (Wildman–Crippen MR) is 69.8 cm³/mol. The summed E-state index contributed by atoms with van der Waals surface area (Å²) in [6.45, 7) is 1.88. The highest BCUT2D eigenvalue weighted by atomic mass is 19.1. The molecule has 0 radical (unpaired) electrons. The van der Waals surface area contributed by atoms with Gasteiger partial charge in [0.1, 0.15) is 17.1 Å². The first-order valence-corrected chi connectivity index (χ1v) is 6.09. The van der Waals surface area contributed by atoms with Gasteiger partial charge in [0.15, 0.2) is 0 Å². The first-order valence-electron chi connectivity index (χ1n) is 6.09. The lowest BCUT2D eigenvalue weighted by molar-refractivity contribution is 0.0936. The predicted octanol–water partition coefficient (Wildman–Crippen LogP) is 0.929. The molecule has 0 unspecified atom stereocenters. The molecule has 1 aromatic rings. The fourth-order valence-electron chi connectivity index (χ4n) is 1.54. The number of hydrogen-bond acceptors (Lipinski definition) is 4. The Morgan fingerprint density at radius 3 is 2.89 bits per heavy atom. The topological polar surface area (TPSA) is 73.6 Å². The molecule has 1 rings (SSSR count). The van der Waals surface area contributed by atoms with Gasteiger partial charge in [0.2, 0.25) is 0 Å². The highest BCUT2D eigenvalue weighted by Gasteiger charge is 2.16. The summed E-state index contributed by atoms with van der Waals surface area (Å²) in [5.74, 6) is -0.873. The van der Waals surface area contributed by atoms with E-state index in [2.05, 4.69) is 5.32 Å². The molecule has 0 aliphatic rings. The number of amides is 1. The minimum atomic E-state index is -0.601. The molecule has 0 aliphatic carbocycles. The monoisotopic (exact) mass is 270 g/mol. The number of ether oxygens (including phenoxy) is 2. The maximum atomic E-state index is 13.6. The maximum Gasteiger partial charge on any atom is 0.258 e. The van der Waals surface area contributed by atoms with E-state index in [-0.39, 0.29) is 11.3 Å². The van der Waals surface area contributed by atoms with E-state index in [0.717, 1.165) is 0 Å². The van der Waals surface area contributed by atoms with Crippen LogP contribution in [-0.4, -0.2) is 39.3 Å². The third-order valence-electron chi connectivity index (χ3n) is 2.44. The van der Waals surface area contributed by atoms with Gasteiger partial charge in [0.25, 0.3) is 5.91 Å². The number of halogens is 1. The molecule has 0 fully saturated rings. The van der Waals surface area contributed by atoms with Crippen LogP contribution in [0.25, 0.3) is 0 Å². The van der Waals surface area contributed by atoms with Crippen molar-refractivity contribution in [1.29, 1.82) is 0 Å². The Labute approximate surface area is 111 Å². The van der Waals surface area contributed by atoms with Crippen molar-refractivity contribution in [3.05, 3.63) is 29.6 Å². The Kier molecular flexibility index (Phi) is 6.84. The molecule has 0 heterocycles. The van der Waals surface area contributed by atoms with Gasteiger partial charge in [-0.3, -0.25) is 4.79 Å². The summed E-state index contributed by atoms with van der Waals surface area (Å²) in [5.41, 5.74) is 5.19. The molecule has 0 saturated carbocycles. The lowest BCUT2D eigenvalue weighted by atomic mass is 10.1. The van der Waals surface area contributed by atoms with E-state index >= 15 is 0 Å². The molecule has 19 heavy (non-hydrogen) atoms. The van der Waals surface area contributed by atoms with Crippen LogP contribution >= 0.6 is 0 Å². The fraction of sp³-hybridized carbons (Fsp3) is 0.462. The van der Waals surface area contributed by atoms with Gasteiger partial charge in [-0.1, -0.05) is 6.07 Å². The van der Waals surface area contributed by atoms with Crippen LogP contribution in [0.5, 0.6) is 5.75 Å². The zero-order valence-corrected chi connectivity index (χ0v) is 10.9. The van der Waals surface area contributed by atoms with E-state index < -0.39 is 11.7 Å². The van der Waals surface area contributed by atoms with Gasteiger partial charge in [0, 0.05) is 19.7 Å². The van der Waals surface area contributed by atoms with Crippen LogP contribution in [-0.2, 0) is 4.74 Å². The number of nitrogens with one attached hydrogen (secondary N) is 1. The van der Waals surface area contributed by atoms with Gasteiger partial charge in [-0.2, -0.15) is 0 Å². The molecular formula is C13H19FN2O3. The molecule has 0 spiro atoms. The third-order valence-corrected chi connectivity index (χ3v) is 2.44. The molecule has 1 aromatic carbocycles. The highest BCUT2D eigenvalue weighted by molar-refractivity contribution is 5.97. The normalized spacial score (nSPS) is 10.3. The van der Waals surface area contributed by atoms with Crippen LogP contribution in [0.3, 0.4) is 0 Å². The zero-order valence-electron chi connectivity index (χ0n) is 10.9. The van der Waals surface area contributed by atoms with Crippen molar-refractivity contribution >= 4 is 5.91 Å². The Hall–Kier alpha value is -1.66. The summed E-state index contributed by atoms with van der Waals surface area (Å²) in [6.07, 6.45) is 0.641. The van der Waals surface area contributed by atoms with Gasteiger partial charge in [-0.15, -0.1) is 0 Å². The summed E-state index contributed by atoms with van der Waals surface area (Å²) in [5, 5.41) is 2.62. The molecule has 6 heteroatoms. The number of rotatable bonds is 8. The first-order chi connectivity index (χ1) is 9.20. The molecule has 106 valence electrons. The summed E-state index contributed by atoms with van der Waals surface area (Å²) < 4.78 is 23.7. The molecule has 0 bridgehead atoms. The van der Waals surface area contributed by atoms with Crippen LogP contribution in [0, 0.1) is 5.82 Å². The molecule has 3 N–H and O–H groups in total. The standard InChI is InChI=1S/C13H19FN2O3/c1-18-11-5-2-4-10(14)12(11)13(17)16-7-3-8-19-9-6-15/h2,4-5H,3,6-9,15H2,1H3,(H,16,17). The number of hydrogen-bond donors (Lipinski definition) is 2. The maximum absolute atomic E-state index is 13.6. The van der Waals surface area contributed by atoms with Crippen LogP contribution in [0.1, 0.15) is 16.8 Å². The highest BCUT2D eigenvalue weighted by Crippen LogP contribution is 2.20. The van der Waals surface area contributed by atoms with E-state index in [4.69, 9.17) is 15.2 Å². The first kappa shape index (κ1) is 15.4. The van der Waals surface area contributed by atoms with E-state index in [1.807, 2.05) is 0 Å². The van der Waals surface area contributed by atoms with Gasteiger partial charge in [-0.25, -0.2) is 4.39 Å². The van der Waals surface area contributed by atoms with Crippen molar-refractivity contribution in [3.8, 4) is 5.75 Å². The molecular weight excluding hydrogens is 251 g/mol. The lowest BCUT2D eigenvalue weighted by Gasteiger charge is -2.10. The fourth-order valence-corrected chi connectivity index (χ4v) is 1.54. The van der Waals surface area contributed by atoms with E-state index in [1.165, 1.54) is 19.2 Å². The van der Waals surface area contributed by atoms with Crippen molar-refractivity contribution in [2.24, 2.45) is 5.73 Å². The summed E-state index contributed by atoms with van der Waals surface area (Å²) >= 11 is 0. The van der Waals surface area contributed by atoms with Gasteiger partial charge in [0.05, 0.1) is 13.7 Å². The second-order valence-electron chi connectivity index (χ2n) is 3.83. The second kappa shape index (κ2) is 8.44. The Balaban J connectivity index is 2.45. The Morgan fingerprint density at radius 1 is 1.42 bits per heavy atom. The van der Waals surface area contributed by atoms with Gasteiger partial charge < -0.3 is 20.5 Å². The third kappa shape index (κ3) is 4.84. The van der Waals surface area contributed by atoms with Crippen LogP contribution in [0.2, 0.25) is 0 Å². The van der Waals surface area contributed by atoms with Crippen molar-refractivity contribution < 1.29 is 18.7 Å². The SMILES string of the molecule is COc1cccc(F)c1C(=O)NCCCOCCN. The van der Waals surface area contributed by atoms with Crippen LogP contribution in [0.15, 0.2) is 18.2 Å². The molecule has 0 aliphatic heterocycles. The molecule has 1 amide bonds. The van der Waals surface area contributed by atoms with E-state index in [9.17, 15) is 9.18 Å². The molecule has 0 saturated heterocycles. The number of methoxy groups -OCH3 is 1. The number of carbonyl (C=O) groups excluding carboxylic acids is 1. The van der Waals surface area contributed by atoms with Crippen molar-refractivity contribution in [2.45, 2.75) is 6.42 Å². The number of benzene rings is 1. The summed E-state index contributed by atoms with van der Waals surface area (Å²) in [4.78, 5) is 11.8. The number of carbonyl (C=O) groups is 1. The minimum Gasteiger partial charge on any atom is -0.496 e. The molecule has 5 nitrogen and oxygen atoms in total. The quantitative estimate of drug-likeness (QED) is 0.689. The average Bonchev–Trinajstić information content (AvgIpc) is 2.42. The Morgan fingerprint density at radius 2 is 2.21 bits per heavy atom. The molecule has 0 atom stereocenters. The average molecular weight is 270 g/mol. The van der Waals surface area contributed by atoms with Gasteiger partial charge >= 0.3 is 0 Å². The zero-order chi connectivity index (χ0) is 14.1. The largest absolute Gasteiger partial charge is 0.496 e. The summed E-state index contributed by atoms with van der Waals surface area (Å²) in [6, 6.07) is 4.26. The Bertz CT molecular complexity index is 413. The number of nitrogens with two attached hydrogens (primary N) is 1. The van der Waals surface area contributed by atoms with Crippen LogP contribution in [0.4, 0.5) is 4.39 Å². The van der Waals surface area contributed by atoms with Crippen molar-refractivity contribution in [1.82, 2.24) is 5.32 Å². The smallest absolute Gasteiger partial charge is 0.258 e. The lowest BCUT2D eigenvalue weighted by Crippen LogP contribution is -2.26. The van der Waals surface area contributed by atoms with Crippen LogP contribution < -0.4 is 15.8 Å². The second-order valence-corrected chi connectivity index (χ2v) is 3.83. The van der Waals surface area contributed by atoms with Crippen molar-refractivity contribution in [3.63, 3.8) is 0 Å². The summed E-state index contributed by atoms with van der Waals surface area (Å²) in [7, 11) is 1.40. The minimum absolute atomic E-state index is 0.0760. The van der Waals surface area contributed by atoms with Gasteiger partial charge in [-0.05, 0) is 18.6 Å².